The molecule has 1 aromatic carbocycles. The molecule has 0 atom stereocenters. The predicted octanol–water partition coefficient (Wildman–Crippen LogP) is 0.427. The van der Waals surface area contributed by atoms with E-state index in [0.29, 0.717) is 6.07 Å². The van der Waals surface area contributed by atoms with Gasteiger partial charge in [0.05, 0.1) is 5.56 Å². The monoisotopic (exact) mass is 219 g/mol. The largest absolute Gasteiger partial charge is 0.488 e. The molecule has 0 saturated carbocycles. The van der Waals surface area contributed by atoms with Crippen LogP contribution in [0.15, 0.2) is 18.2 Å². The van der Waals surface area contributed by atoms with E-state index in [1.165, 1.54) is 13.1 Å². The summed E-state index contributed by atoms with van der Waals surface area (Å²) in [6.45, 7) is 0. The van der Waals surface area contributed by atoms with Crippen molar-refractivity contribution in [1.82, 2.24) is 0 Å². The van der Waals surface area contributed by atoms with E-state index in [-0.39, 0.29) is 11.2 Å². The number of anilines is 1. The van der Waals surface area contributed by atoms with Gasteiger partial charge in [-0.1, -0.05) is 6.07 Å². The lowest BCUT2D eigenvalue weighted by molar-refractivity contribution is -0.137. The first-order valence-electron chi connectivity index (χ1n) is 4.10. The maximum Gasteiger partial charge on any atom is 0.488 e. The van der Waals surface area contributed by atoms with E-state index in [4.69, 9.17) is 10.0 Å². The van der Waals surface area contributed by atoms with Crippen LogP contribution < -0.4 is 10.8 Å². The Morgan fingerprint density at radius 1 is 1.20 bits per heavy atom. The highest BCUT2D eigenvalue weighted by Crippen LogP contribution is 2.30. The minimum atomic E-state index is -4.50. The Hall–Kier alpha value is -1.21. The van der Waals surface area contributed by atoms with Crippen LogP contribution in [0.25, 0.3) is 0 Å². The highest BCUT2D eigenvalue weighted by atomic mass is 19.4. The molecule has 1 aromatic rings. The van der Waals surface area contributed by atoms with Crippen LogP contribution in [0.4, 0.5) is 18.9 Å². The van der Waals surface area contributed by atoms with Gasteiger partial charge in [0, 0.05) is 12.7 Å². The molecule has 0 saturated heterocycles. The Labute approximate surface area is 84.7 Å². The van der Waals surface area contributed by atoms with Crippen LogP contribution in [0.3, 0.4) is 0 Å². The second-order valence-electron chi connectivity index (χ2n) is 2.97. The molecule has 82 valence electrons. The molecule has 0 aliphatic rings. The molecule has 0 bridgehead atoms. The van der Waals surface area contributed by atoms with Gasteiger partial charge < -0.3 is 15.4 Å². The molecular formula is C8H9BF3NO2. The minimum absolute atomic E-state index is 0.174. The third-order valence-electron chi connectivity index (χ3n) is 1.87. The number of hydrogen-bond donors (Lipinski definition) is 3. The average Bonchev–Trinajstić information content (AvgIpc) is 2.15. The number of rotatable bonds is 2. The summed E-state index contributed by atoms with van der Waals surface area (Å²) in [5, 5.41) is 20.1. The molecule has 3 N–H and O–H groups in total. The van der Waals surface area contributed by atoms with Gasteiger partial charge >= 0.3 is 13.3 Å². The summed E-state index contributed by atoms with van der Waals surface area (Å²) in [6, 6.07) is 2.83. The van der Waals surface area contributed by atoms with E-state index in [1.54, 1.807) is 0 Å². The smallest absolute Gasteiger partial charge is 0.423 e. The van der Waals surface area contributed by atoms with E-state index in [0.717, 1.165) is 6.07 Å². The number of halogens is 3. The molecule has 0 heterocycles. The Morgan fingerprint density at radius 2 is 1.80 bits per heavy atom. The van der Waals surface area contributed by atoms with Gasteiger partial charge in [-0.05, 0) is 17.6 Å². The van der Waals surface area contributed by atoms with Gasteiger partial charge in [-0.2, -0.15) is 13.2 Å². The Bertz CT molecular complexity index is 354. The van der Waals surface area contributed by atoms with E-state index in [9.17, 15) is 13.2 Å². The SMILES string of the molecule is CNc1cc(B(O)O)cc(C(F)(F)F)c1. The van der Waals surface area contributed by atoms with Gasteiger partial charge in [-0.3, -0.25) is 0 Å². The molecule has 0 unspecified atom stereocenters. The van der Waals surface area contributed by atoms with Crippen molar-refractivity contribution in [2.45, 2.75) is 6.18 Å². The summed E-state index contributed by atoms with van der Waals surface area (Å²) < 4.78 is 37.1. The first kappa shape index (κ1) is 11.9. The zero-order valence-corrected chi connectivity index (χ0v) is 7.84. The van der Waals surface area contributed by atoms with Crippen molar-refractivity contribution in [2.24, 2.45) is 0 Å². The standard InChI is InChI=1S/C8H9BF3NO2/c1-13-7-3-5(8(10,11)12)2-6(4-7)9(14)15/h2-4,13-15H,1H3. The molecule has 0 aliphatic carbocycles. The summed E-state index contributed by atoms with van der Waals surface area (Å²) in [5.41, 5.74) is -0.945. The van der Waals surface area contributed by atoms with Crippen molar-refractivity contribution in [1.29, 1.82) is 0 Å². The number of benzene rings is 1. The van der Waals surface area contributed by atoms with Crippen LogP contribution in [0, 0.1) is 0 Å². The minimum Gasteiger partial charge on any atom is -0.423 e. The molecule has 3 nitrogen and oxygen atoms in total. The topological polar surface area (TPSA) is 52.5 Å². The fourth-order valence-corrected chi connectivity index (χ4v) is 1.11. The summed E-state index contributed by atoms with van der Waals surface area (Å²) in [4.78, 5) is 0. The quantitative estimate of drug-likeness (QED) is 0.632. The van der Waals surface area contributed by atoms with Crippen LogP contribution in [-0.4, -0.2) is 24.2 Å². The normalized spacial score (nSPS) is 11.3. The van der Waals surface area contributed by atoms with Crippen LogP contribution in [-0.2, 0) is 6.18 Å². The lowest BCUT2D eigenvalue weighted by Gasteiger charge is -2.11. The molecule has 0 spiro atoms. The maximum absolute atomic E-state index is 12.4. The van der Waals surface area contributed by atoms with Crippen LogP contribution in [0.5, 0.6) is 0 Å². The lowest BCUT2D eigenvalue weighted by atomic mass is 9.79. The summed E-state index contributed by atoms with van der Waals surface area (Å²) >= 11 is 0. The van der Waals surface area contributed by atoms with Crippen molar-refractivity contribution in [3.05, 3.63) is 23.8 Å². The Balaban J connectivity index is 3.23. The highest BCUT2D eigenvalue weighted by molar-refractivity contribution is 6.58. The number of hydrogen-bond acceptors (Lipinski definition) is 3. The second-order valence-corrected chi connectivity index (χ2v) is 2.97. The van der Waals surface area contributed by atoms with Gasteiger partial charge in [-0.25, -0.2) is 0 Å². The molecule has 0 aromatic heterocycles. The van der Waals surface area contributed by atoms with Crippen molar-refractivity contribution in [3.63, 3.8) is 0 Å². The Kier molecular flexibility index (Phi) is 3.26. The number of alkyl halides is 3. The molecule has 7 heteroatoms. The van der Waals surface area contributed by atoms with Gasteiger partial charge in [0.25, 0.3) is 0 Å². The summed E-state index contributed by atoms with van der Waals surface area (Å²) in [7, 11) is -0.470. The first-order chi connectivity index (χ1) is 6.84. The van der Waals surface area contributed by atoms with Gasteiger partial charge in [0.1, 0.15) is 0 Å². The zero-order chi connectivity index (χ0) is 11.6. The van der Waals surface area contributed by atoms with Crippen LogP contribution in [0.2, 0.25) is 0 Å². The van der Waals surface area contributed by atoms with Gasteiger partial charge in [-0.15, -0.1) is 0 Å². The molecular weight excluding hydrogens is 210 g/mol. The number of nitrogens with one attached hydrogen (secondary N) is 1. The summed E-state index contributed by atoms with van der Waals surface area (Å²) in [5.74, 6) is 0. The van der Waals surface area contributed by atoms with Crippen molar-refractivity contribution in [2.75, 3.05) is 12.4 Å². The van der Waals surface area contributed by atoms with Crippen molar-refractivity contribution in [3.8, 4) is 0 Å². The van der Waals surface area contributed by atoms with E-state index >= 15 is 0 Å². The van der Waals surface area contributed by atoms with E-state index in [2.05, 4.69) is 5.32 Å². The van der Waals surface area contributed by atoms with Crippen LogP contribution in [0.1, 0.15) is 5.56 Å². The second kappa shape index (κ2) is 4.12. The van der Waals surface area contributed by atoms with E-state index < -0.39 is 18.9 Å². The fraction of sp³-hybridized carbons (Fsp3) is 0.250. The third kappa shape index (κ3) is 2.87. The van der Waals surface area contributed by atoms with Crippen molar-refractivity contribution < 1.29 is 23.2 Å². The van der Waals surface area contributed by atoms with Crippen LogP contribution >= 0.6 is 0 Å². The maximum atomic E-state index is 12.4. The average molecular weight is 219 g/mol. The molecule has 15 heavy (non-hydrogen) atoms. The molecule has 0 amide bonds. The molecule has 0 aliphatic heterocycles. The van der Waals surface area contributed by atoms with E-state index in [1.807, 2.05) is 0 Å². The molecule has 1 rings (SSSR count). The first-order valence-corrected chi connectivity index (χ1v) is 4.10. The fourth-order valence-electron chi connectivity index (χ4n) is 1.11. The Morgan fingerprint density at radius 3 is 2.20 bits per heavy atom. The van der Waals surface area contributed by atoms with Gasteiger partial charge in [0.2, 0.25) is 0 Å². The van der Waals surface area contributed by atoms with Crippen molar-refractivity contribution >= 4 is 18.3 Å². The summed E-state index contributed by atoms with van der Waals surface area (Å²) in [6.07, 6.45) is -4.50. The highest BCUT2D eigenvalue weighted by Gasteiger charge is 2.32. The third-order valence-corrected chi connectivity index (χ3v) is 1.87. The lowest BCUT2D eigenvalue weighted by Crippen LogP contribution is -2.31. The molecule has 0 radical (unpaired) electrons. The predicted molar refractivity (Wildman–Crippen MR) is 50.8 cm³/mol. The zero-order valence-electron chi connectivity index (χ0n) is 7.84. The molecule has 0 fully saturated rings. The van der Waals surface area contributed by atoms with Gasteiger partial charge in [0.15, 0.2) is 0 Å².